The molecule has 0 radical (unpaired) electrons. The zero-order valence-corrected chi connectivity index (χ0v) is 16.9. The van der Waals surface area contributed by atoms with Crippen LogP contribution < -0.4 is 9.62 Å². The quantitative estimate of drug-likeness (QED) is 0.780. The second kappa shape index (κ2) is 7.80. The lowest BCUT2D eigenvalue weighted by Gasteiger charge is -2.28. The van der Waals surface area contributed by atoms with Crippen LogP contribution in [0.5, 0.6) is 0 Å². The molecule has 1 aliphatic rings. The molecule has 26 heavy (non-hydrogen) atoms. The van der Waals surface area contributed by atoms with E-state index in [0.717, 1.165) is 39.9 Å². The minimum absolute atomic E-state index is 0.0728. The highest BCUT2D eigenvalue weighted by atomic mass is 79.9. The van der Waals surface area contributed by atoms with Crippen molar-refractivity contribution in [3.8, 4) is 0 Å². The van der Waals surface area contributed by atoms with Gasteiger partial charge in [0, 0.05) is 4.47 Å². The Kier molecular flexibility index (Phi) is 5.67. The van der Waals surface area contributed by atoms with Gasteiger partial charge in [-0.15, -0.1) is 0 Å². The van der Waals surface area contributed by atoms with Crippen molar-refractivity contribution < 1.29 is 13.2 Å². The van der Waals surface area contributed by atoms with Gasteiger partial charge in [0.15, 0.2) is 0 Å². The fraction of sp³-hybridized carbons (Fsp3) is 0.316. The maximum absolute atomic E-state index is 12.6. The van der Waals surface area contributed by atoms with Crippen LogP contribution in [0.1, 0.15) is 30.0 Å². The highest BCUT2D eigenvalue weighted by molar-refractivity contribution is 9.10. The molecular weight excluding hydrogens is 416 g/mol. The Labute approximate surface area is 162 Å². The highest BCUT2D eigenvalue weighted by Gasteiger charge is 2.25. The molecule has 7 heteroatoms. The number of nitrogens with zero attached hydrogens (tertiary/aromatic N) is 1. The Morgan fingerprint density at radius 1 is 1.23 bits per heavy atom. The van der Waals surface area contributed by atoms with E-state index in [4.69, 9.17) is 0 Å². The van der Waals surface area contributed by atoms with Crippen LogP contribution in [0, 0.1) is 0 Å². The van der Waals surface area contributed by atoms with E-state index < -0.39 is 10.0 Å². The molecule has 0 saturated heterocycles. The number of nitrogens with one attached hydrogen (secondary N) is 1. The molecule has 2 aromatic carbocycles. The first-order valence-electron chi connectivity index (χ1n) is 8.45. The maximum atomic E-state index is 12.6. The van der Waals surface area contributed by atoms with Gasteiger partial charge in [-0.25, -0.2) is 8.42 Å². The smallest absolute Gasteiger partial charge is 0.241 e. The molecule has 0 heterocycles. The standard InChI is InChI=1S/C19H21BrN2O3S/c1-26(24,25)22(16-9-5-8-15(20)12-16)13-19(23)21-18-11-4-7-14-6-2-3-10-17(14)18/h2-3,5-6,8-10,12,18H,4,7,11,13H2,1H3,(H,21,23)/t18-/m1/s1. The number of benzene rings is 2. The summed E-state index contributed by atoms with van der Waals surface area (Å²) in [4.78, 5) is 12.6. The molecule has 0 bridgehead atoms. The number of hydrogen-bond acceptors (Lipinski definition) is 3. The van der Waals surface area contributed by atoms with Crippen molar-refractivity contribution >= 4 is 37.5 Å². The van der Waals surface area contributed by atoms with Crippen molar-refractivity contribution in [3.63, 3.8) is 0 Å². The second-order valence-electron chi connectivity index (χ2n) is 6.46. The third kappa shape index (κ3) is 4.45. The Morgan fingerprint density at radius 2 is 2.00 bits per heavy atom. The van der Waals surface area contributed by atoms with Gasteiger partial charge in [0.25, 0.3) is 0 Å². The Bertz CT molecular complexity index is 915. The topological polar surface area (TPSA) is 66.5 Å². The molecule has 0 aliphatic heterocycles. The number of rotatable bonds is 5. The fourth-order valence-corrected chi connectivity index (χ4v) is 4.54. The SMILES string of the molecule is CS(=O)(=O)N(CC(=O)N[C@@H]1CCCc2ccccc21)c1cccc(Br)c1. The van der Waals surface area contributed by atoms with Gasteiger partial charge in [0.2, 0.25) is 15.9 Å². The number of hydrogen-bond donors (Lipinski definition) is 1. The van der Waals surface area contributed by atoms with E-state index in [1.165, 1.54) is 5.56 Å². The molecule has 1 atom stereocenters. The Balaban J connectivity index is 1.77. The largest absolute Gasteiger partial charge is 0.348 e. The van der Waals surface area contributed by atoms with E-state index in [9.17, 15) is 13.2 Å². The summed E-state index contributed by atoms with van der Waals surface area (Å²) < 4.78 is 26.3. The first-order chi connectivity index (χ1) is 12.3. The molecule has 5 nitrogen and oxygen atoms in total. The number of anilines is 1. The molecule has 0 saturated carbocycles. The Hall–Kier alpha value is -1.86. The average molecular weight is 437 g/mol. The molecule has 3 rings (SSSR count). The average Bonchev–Trinajstić information content (AvgIpc) is 2.59. The molecule has 0 fully saturated rings. The van der Waals surface area contributed by atoms with Gasteiger partial charge < -0.3 is 5.32 Å². The molecule has 2 aromatic rings. The molecule has 0 spiro atoms. The van der Waals surface area contributed by atoms with Crippen molar-refractivity contribution in [2.24, 2.45) is 0 Å². The summed E-state index contributed by atoms with van der Waals surface area (Å²) in [5.41, 5.74) is 2.83. The molecular formula is C19H21BrN2O3S. The van der Waals surface area contributed by atoms with Crippen LogP contribution >= 0.6 is 15.9 Å². The third-order valence-electron chi connectivity index (χ3n) is 4.49. The van der Waals surface area contributed by atoms with Gasteiger partial charge in [0.1, 0.15) is 6.54 Å². The summed E-state index contributed by atoms with van der Waals surface area (Å²) >= 11 is 3.34. The first-order valence-corrected chi connectivity index (χ1v) is 11.1. The number of halogens is 1. The summed E-state index contributed by atoms with van der Waals surface area (Å²) in [7, 11) is -3.58. The number of aryl methyl sites for hydroxylation is 1. The van der Waals surface area contributed by atoms with Crippen molar-refractivity contribution in [2.75, 3.05) is 17.1 Å². The summed E-state index contributed by atoms with van der Waals surface area (Å²) in [6, 6.07) is 14.9. The van der Waals surface area contributed by atoms with E-state index in [1.807, 2.05) is 24.3 Å². The van der Waals surface area contributed by atoms with Crippen molar-refractivity contribution in [3.05, 3.63) is 64.1 Å². The summed E-state index contributed by atoms with van der Waals surface area (Å²) in [5.74, 6) is -0.308. The van der Waals surface area contributed by atoms with Crippen LogP contribution in [0.4, 0.5) is 5.69 Å². The van der Waals surface area contributed by atoms with E-state index in [1.54, 1.807) is 18.2 Å². The minimum Gasteiger partial charge on any atom is -0.348 e. The maximum Gasteiger partial charge on any atom is 0.241 e. The highest BCUT2D eigenvalue weighted by Crippen LogP contribution is 2.29. The molecule has 0 unspecified atom stereocenters. The summed E-state index contributed by atoms with van der Waals surface area (Å²) in [6.45, 7) is -0.242. The summed E-state index contributed by atoms with van der Waals surface area (Å²) in [5, 5.41) is 3.01. The number of carbonyl (C=O) groups excluding carboxylic acids is 1. The predicted octanol–water partition coefficient (Wildman–Crippen LogP) is 3.41. The van der Waals surface area contributed by atoms with Gasteiger partial charge in [-0.3, -0.25) is 9.10 Å². The lowest BCUT2D eigenvalue weighted by atomic mass is 9.88. The number of fused-ring (bicyclic) bond motifs is 1. The first kappa shape index (κ1) is 18.9. The van der Waals surface area contributed by atoms with Crippen molar-refractivity contribution in [1.82, 2.24) is 5.32 Å². The lowest BCUT2D eigenvalue weighted by molar-refractivity contribution is -0.120. The zero-order valence-electron chi connectivity index (χ0n) is 14.5. The van der Waals surface area contributed by atoms with E-state index in [-0.39, 0.29) is 18.5 Å². The number of sulfonamides is 1. The molecule has 0 aromatic heterocycles. The van der Waals surface area contributed by atoms with Crippen LogP contribution in [0.2, 0.25) is 0 Å². The van der Waals surface area contributed by atoms with Gasteiger partial charge in [-0.1, -0.05) is 46.3 Å². The predicted molar refractivity (Wildman–Crippen MR) is 107 cm³/mol. The third-order valence-corrected chi connectivity index (χ3v) is 6.12. The van der Waals surface area contributed by atoms with Crippen LogP contribution in [-0.2, 0) is 21.2 Å². The van der Waals surface area contributed by atoms with Crippen molar-refractivity contribution in [2.45, 2.75) is 25.3 Å². The summed E-state index contributed by atoms with van der Waals surface area (Å²) in [6.07, 6.45) is 3.98. The minimum atomic E-state index is -3.58. The lowest BCUT2D eigenvalue weighted by Crippen LogP contribution is -2.42. The Morgan fingerprint density at radius 3 is 2.73 bits per heavy atom. The van der Waals surface area contributed by atoms with Crippen LogP contribution in [-0.4, -0.2) is 27.1 Å². The van der Waals surface area contributed by atoms with Crippen LogP contribution in [0.15, 0.2) is 53.0 Å². The van der Waals surface area contributed by atoms with Gasteiger partial charge >= 0.3 is 0 Å². The zero-order chi connectivity index (χ0) is 18.7. The molecule has 138 valence electrons. The van der Waals surface area contributed by atoms with E-state index in [2.05, 4.69) is 27.3 Å². The van der Waals surface area contributed by atoms with Gasteiger partial charge in [-0.05, 0) is 48.6 Å². The molecule has 1 N–H and O–H groups in total. The van der Waals surface area contributed by atoms with Crippen LogP contribution in [0.3, 0.4) is 0 Å². The number of amides is 1. The second-order valence-corrected chi connectivity index (χ2v) is 9.28. The normalized spacial score (nSPS) is 16.6. The molecule has 1 aliphatic carbocycles. The van der Waals surface area contributed by atoms with Crippen molar-refractivity contribution in [1.29, 1.82) is 0 Å². The monoisotopic (exact) mass is 436 g/mol. The van der Waals surface area contributed by atoms with Gasteiger partial charge in [0.05, 0.1) is 18.0 Å². The van der Waals surface area contributed by atoms with E-state index in [0.29, 0.717) is 5.69 Å². The van der Waals surface area contributed by atoms with Gasteiger partial charge in [-0.2, -0.15) is 0 Å². The number of carbonyl (C=O) groups is 1. The van der Waals surface area contributed by atoms with Crippen LogP contribution in [0.25, 0.3) is 0 Å². The molecule has 1 amide bonds. The fourth-order valence-electron chi connectivity index (χ4n) is 3.31. The van der Waals surface area contributed by atoms with E-state index >= 15 is 0 Å².